The number of morpholine rings is 1. The maximum Gasteiger partial charge on any atom is 0.291 e. The molecule has 1 saturated heterocycles. The zero-order valence-electron chi connectivity index (χ0n) is 13.9. The Labute approximate surface area is 159 Å². The average molecular weight is 445 g/mol. The van der Waals surface area contributed by atoms with Gasteiger partial charge in [-0.1, -0.05) is 0 Å². The first kappa shape index (κ1) is 18.9. The zero-order chi connectivity index (χ0) is 18.7. The minimum Gasteiger partial charge on any atom is -0.495 e. The fourth-order valence-electron chi connectivity index (χ4n) is 2.51. The lowest BCUT2D eigenvalue weighted by Crippen LogP contribution is -2.40. The number of carbonyl (C=O) groups is 1. The van der Waals surface area contributed by atoms with Gasteiger partial charge in [0.05, 0.1) is 20.3 Å². The number of hydrogen-bond acceptors (Lipinski definition) is 6. The summed E-state index contributed by atoms with van der Waals surface area (Å²) in [4.78, 5) is 12.2. The summed E-state index contributed by atoms with van der Waals surface area (Å²) >= 11 is 3.13. The van der Waals surface area contributed by atoms with E-state index in [0.29, 0.717) is 23.6 Å². The fourth-order valence-corrected chi connectivity index (χ4v) is 4.41. The van der Waals surface area contributed by atoms with Gasteiger partial charge in [0.15, 0.2) is 10.4 Å². The third-order valence-corrected chi connectivity index (χ3v) is 6.15. The molecule has 1 aliphatic heterocycles. The molecule has 10 heteroatoms. The van der Waals surface area contributed by atoms with E-state index in [1.165, 1.54) is 29.6 Å². The maximum atomic E-state index is 12.9. The van der Waals surface area contributed by atoms with Crippen LogP contribution in [0.15, 0.2) is 44.3 Å². The molecule has 2 heterocycles. The van der Waals surface area contributed by atoms with Crippen LogP contribution in [-0.4, -0.2) is 52.0 Å². The zero-order valence-corrected chi connectivity index (χ0v) is 16.3. The Bertz CT molecular complexity index is 905. The van der Waals surface area contributed by atoms with E-state index >= 15 is 0 Å². The Morgan fingerprint density at radius 1 is 1.23 bits per heavy atom. The van der Waals surface area contributed by atoms with Crippen LogP contribution in [0.3, 0.4) is 0 Å². The van der Waals surface area contributed by atoms with Crippen molar-refractivity contribution in [2.45, 2.75) is 4.90 Å². The van der Waals surface area contributed by atoms with Crippen LogP contribution < -0.4 is 10.1 Å². The molecule has 0 radical (unpaired) electrons. The molecule has 0 spiro atoms. The minimum atomic E-state index is -3.78. The molecule has 1 N–H and O–H groups in total. The molecule has 140 valence electrons. The van der Waals surface area contributed by atoms with Crippen LogP contribution in [-0.2, 0) is 14.8 Å². The van der Waals surface area contributed by atoms with E-state index in [1.807, 2.05) is 0 Å². The summed E-state index contributed by atoms with van der Waals surface area (Å²) < 4.78 is 43.2. The van der Waals surface area contributed by atoms with Crippen molar-refractivity contribution in [3.8, 4) is 5.75 Å². The van der Waals surface area contributed by atoms with Crippen molar-refractivity contribution >= 4 is 37.5 Å². The second-order valence-corrected chi connectivity index (χ2v) is 8.13. The van der Waals surface area contributed by atoms with Crippen molar-refractivity contribution in [2.75, 3.05) is 38.7 Å². The molecule has 0 unspecified atom stereocenters. The van der Waals surface area contributed by atoms with Gasteiger partial charge in [-0.05, 0) is 46.3 Å². The van der Waals surface area contributed by atoms with Crippen molar-refractivity contribution in [2.24, 2.45) is 0 Å². The van der Waals surface area contributed by atoms with Gasteiger partial charge in [-0.2, -0.15) is 4.31 Å². The highest BCUT2D eigenvalue weighted by Crippen LogP contribution is 2.30. The highest BCUT2D eigenvalue weighted by atomic mass is 79.9. The molecule has 2 aromatic rings. The molecule has 1 fully saturated rings. The van der Waals surface area contributed by atoms with Crippen LogP contribution in [0.25, 0.3) is 0 Å². The van der Waals surface area contributed by atoms with Crippen molar-refractivity contribution in [1.29, 1.82) is 0 Å². The smallest absolute Gasteiger partial charge is 0.291 e. The Morgan fingerprint density at radius 2 is 1.96 bits per heavy atom. The number of benzene rings is 1. The summed E-state index contributed by atoms with van der Waals surface area (Å²) in [5.41, 5.74) is 0.315. The quantitative estimate of drug-likeness (QED) is 0.759. The molecule has 0 aliphatic carbocycles. The van der Waals surface area contributed by atoms with E-state index in [0.717, 1.165) is 0 Å². The van der Waals surface area contributed by atoms with E-state index in [-0.39, 0.29) is 29.5 Å². The third-order valence-electron chi connectivity index (χ3n) is 3.81. The van der Waals surface area contributed by atoms with E-state index in [1.54, 1.807) is 12.1 Å². The molecule has 1 aromatic heterocycles. The molecule has 0 bridgehead atoms. The van der Waals surface area contributed by atoms with E-state index in [9.17, 15) is 13.2 Å². The van der Waals surface area contributed by atoms with Crippen LogP contribution in [0.2, 0.25) is 0 Å². The Kier molecular flexibility index (Phi) is 5.66. The van der Waals surface area contributed by atoms with E-state index in [4.69, 9.17) is 13.9 Å². The van der Waals surface area contributed by atoms with Crippen LogP contribution in [0, 0.1) is 0 Å². The van der Waals surface area contributed by atoms with Crippen LogP contribution in [0.4, 0.5) is 5.69 Å². The molecular formula is C16H17BrN2O6S. The SMILES string of the molecule is COc1ccc(NC(=O)c2ccc(Br)o2)cc1S(=O)(=O)N1CCOCC1. The maximum absolute atomic E-state index is 12.9. The summed E-state index contributed by atoms with van der Waals surface area (Å²) in [6, 6.07) is 7.54. The highest BCUT2D eigenvalue weighted by Gasteiger charge is 2.29. The number of hydrogen-bond donors (Lipinski definition) is 1. The molecule has 0 saturated carbocycles. The first-order valence-corrected chi connectivity index (χ1v) is 9.98. The first-order chi connectivity index (χ1) is 12.4. The standard InChI is InChI=1S/C16H17BrN2O6S/c1-23-12-3-2-11(18-16(20)13-4-5-15(17)25-13)10-14(12)26(21,22)19-6-8-24-9-7-19/h2-5,10H,6-9H2,1H3,(H,18,20). The summed E-state index contributed by atoms with van der Waals surface area (Å²) in [6.45, 7) is 1.21. The summed E-state index contributed by atoms with van der Waals surface area (Å²) in [5.74, 6) is -0.184. The molecule has 26 heavy (non-hydrogen) atoms. The largest absolute Gasteiger partial charge is 0.495 e. The molecule has 1 amide bonds. The molecule has 3 rings (SSSR count). The number of halogens is 1. The normalized spacial score (nSPS) is 15.6. The number of ether oxygens (including phenoxy) is 2. The van der Waals surface area contributed by atoms with Crippen molar-refractivity contribution < 1.29 is 27.1 Å². The second-order valence-electron chi connectivity index (χ2n) is 5.44. The number of carbonyl (C=O) groups excluding carboxylic acids is 1. The van der Waals surface area contributed by atoms with Gasteiger partial charge in [0.2, 0.25) is 10.0 Å². The van der Waals surface area contributed by atoms with E-state index < -0.39 is 15.9 Å². The molecule has 0 atom stereocenters. The molecular weight excluding hydrogens is 428 g/mol. The number of nitrogens with one attached hydrogen (secondary N) is 1. The lowest BCUT2D eigenvalue weighted by molar-refractivity contribution is 0.0729. The Morgan fingerprint density at radius 3 is 2.58 bits per heavy atom. The van der Waals surface area contributed by atoms with Gasteiger partial charge in [-0.25, -0.2) is 8.42 Å². The summed E-state index contributed by atoms with van der Waals surface area (Å²) in [5, 5.41) is 2.62. The number of methoxy groups -OCH3 is 1. The number of sulfonamides is 1. The van der Waals surface area contributed by atoms with E-state index in [2.05, 4.69) is 21.2 Å². The van der Waals surface area contributed by atoms with Crippen LogP contribution in [0.1, 0.15) is 10.6 Å². The monoisotopic (exact) mass is 444 g/mol. The Hall–Kier alpha value is -1.88. The lowest BCUT2D eigenvalue weighted by Gasteiger charge is -2.26. The highest BCUT2D eigenvalue weighted by molar-refractivity contribution is 9.10. The second kappa shape index (κ2) is 7.78. The number of nitrogens with zero attached hydrogens (tertiary/aromatic N) is 1. The minimum absolute atomic E-state index is 0.0136. The molecule has 1 aromatic carbocycles. The van der Waals surface area contributed by atoms with Gasteiger partial charge in [0.1, 0.15) is 10.6 Å². The topological polar surface area (TPSA) is 98.1 Å². The predicted molar refractivity (Wildman–Crippen MR) is 96.9 cm³/mol. The van der Waals surface area contributed by atoms with Gasteiger partial charge >= 0.3 is 0 Å². The lowest BCUT2D eigenvalue weighted by atomic mass is 10.3. The Balaban J connectivity index is 1.90. The number of rotatable bonds is 5. The number of furan rings is 1. The number of anilines is 1. The molecule has 1 aliphatic rings. The van der Waals surface area contributed by atoms with Crippen molar-refractivity contribution in [1.82, 2.24) is 4.31 Å². The van der Waals surface area contributed by atoms with Gasteiger partial charge in [-0.3, -0.25) is 4.79 Å². The van der Waals surface area contributed by atoms with Gasteiger partial charge in [-0.15, -0.1) is 0 Å². The molecule has 8 nitrogen and oxygen atoms in total. The fraction of sp³-hybridized carbons (Fsp3) is 0.312. The van der Waals surface area contributed by atoms with Crippen LogP contribution >= 0.6 is 15.9 Å². The van der Waals surface area contributed by atoms with Crippen molar-refractivity contribution in [3.63, 3.8) is 0 Å². The van der Waals surface area contributed by atoms with Gasteiger partial charge in [0.25, 0.3) is 5.91 Å². The predicted octanol–water partition coefficient (Wildman–Crippen LogP) is 2.32. The van der Waals surface area contributed by atoms with Crippen molar-refractivity contribution in [3.05, 3.63) is 40.8 Å². The third kappa shape index (κ3) is 3.93. The summed E-state index contributed by atoms with van der Waals surface area (Å²) in [6.07, 6.45) is 0. The number of amides is 1. The first-order valence-electron chi connectivity index (χ1n) is 7.74. The van der Waals surface area contributed by atoms with Gasteiger partial charge < -0.3 is 19.2 Å². The summed E-state index contributed by atoms with van der Waals surface area (Å²) in [7, 11) is -2.38. The van der Waals surface area contributed by atoms with Crippen LogP contribution in [0.5, 0.6) is 5.75 Å². The average Bonchev–Trinajstić information content (AvgIpc) is 3.09. The van der Waals surface area contributed by atoms with Gasteiger partial charge in [0, 0.05) is 18.8 Å².